The first-order valence-electron chi connectivity index (χ1n) is 5.50. The van der Waals surface area contributed by atoms with Gasteiger partial charge in [-0.25, -0.2) is 9.97 Å². The van der Waals surface area contributed by atoms with Crippen LogP contribution in [-0.4, -0.2) is 22.6 Å². The Kier molecular flexibility index (Phi) is 2.86. The van der Waals surface area contributed by atoms with Gasteiger partial charge in [0.1, 0.15) is 11.6 Å². The minimum atomic E-state index is 0.143. The fourth-order valence-corrected chi connectivity index (χ4v) is 1.54. The second-order valence-corrected chi connectivity index (χ2v) is 4.36. The number of aromatic nitrogens is 2. The van der Waals surface area contributed by atoms with Gasteiger partial charge in [0.15, 0.2) is 0 Å². The minimum Gasteiger partial charge on any atom is -0.368 e. The van der Waals surface area contributed by atoms with Crippen LogP contribution < -0.4 is 11.1 Å². The van der Waals surface area contributed by atoms with Crippen molar-refractivity contribution in [2.75, 3.05) is 11.9 Å². The SMILES string of the molecule is Cc1nc(NCC(C)N)cc(C2CC2)n1. The van der Waals surface area contributed by atoms with E-state index in [4.69, 9.17) is 5.73 Å². The highest BCUT2D eigenvalue weighted by Gasteiger charge is 2.25. The lowest BCUT2D eigenvalue weighted by Crippen LogP contribution is -2.25. The van der Waals surface area contributed by atoms with E-state index in [-0.39, 0.29) is 6.04 Å². The Hall–Kier alpha value is -1.16. The van der Waals surface area contributed by atoms with Gasteiger partial charge in [0.05, 0.1) is 0 Å². The number of hydrogen-bond donors (Lipinski definition) is 2. The second kappa shape index (κ2) is 4.14. The second-order valence-electron chi connectivity index (χ2n) is 4.36. The molecule has 0 saturated heterocycles. The Labute approximate surface area is 90.3 Å². The van der Waals surface area contributed by atoms with Crippen molar-refractivity contribution in [3.05, 3.63) is 17.6 Å². The first-order chi connectivity index (χ1) is 7.15. The monoisotopic (exact) mass is 206 g/mol. The molecule has 1 aromatic rings. The van der Waals surface area contributed by atoms with Crippen LogP contribution in [0.3, 0.4) is 0 Å². The van der Waals surface area contributed by atoms with E-state index in [9.17, 15) is 0 Å². The Morgan fingerprint density at radius 3 is 2.87 bits per heavy atom. The average molecular weight is 206 g/mol. The Morgan fingerprint density at radius 1 is 1.53 bits per heavy atom. The van der Waals surface area contributed by atoms with Gasteiger partial charge in [-0.3, -0.25) is 0 Å². The molecule has 1 heterocycles. The van der Waals surface area contributed by atoms with E-state index in [2.05, 4.69) is 15.3 Å². The summed E-state index contributed by atoms with van der Waals surface area (Å²) in [7, 11) is 0. The molecule has 0 aliphatic heterocycles. The molecule has 0 aromatic carbocycles. The van der Waals surface area contributed by atoms with Gasteiger partial charge in [-0.1, -0.05) is 0 Å². The number of aryl methyl sites for hydroxylation is 1. The van der Waals surface area contributed by atoms with Crippen molar-refractivity contribution in [2.24, 2.45) is 5.73 Å². The predicted molar refractivity (Wildman–Crippen MR) is 60.9 cm³/mol. The molecule has 82 valence electrons. The summed E-state index contributed by atoms with van der Waals surface area (Å²) in [5.41, 5.74) is 6.86. The van der Waals surface area contributed by atoms with Gasteiger partial charge in [-0.2, -0.15) is 0 Å². The highest BCUT2D eigenvalue weighted by atomic mass is 15.0. The van der Waals surface area contributed by atoms with Crippen molar-refractivity contribution < 1.29 is 0 Å². The highest BCUT2D eigenvalue weighted by molar-refractivity contribution is 5.38. The zero-order chi connectivity index (χ0) is 10.8. The molecule has 1 aliphatic rings. The molecule has 1 fully saturated rings. The summed E-state index contributed by atoms with van der Waals surface area (Å²) in [4.78, 5) is 8.78. The zero-order valence-electron chi connectivity index (χ0n) is 9.33. The first kappa shape index (κ1) is 10.4. The quantitative estimate of drug-likeness (QED) is 0.782. The summed E-state index contributed by atoms with van der Waals surface area (Å²) in [6.45, 7) is 4.66. The van der Waals surface area contributed by atoms with Crippen LogP contribution in [0.2, 0.25) is 0 Å². The normalized spacial score (nSPS) is 17.5. The van der Waals surface area contributed by atoms with Crippen molar-refractivity contribution in [3.8, 4) is 0 Å². The number of nitrogens with zero attached hydrogens (tertiary/aromatic N) is 2. The van der Waals surface area contributed by atoms with Crippen LogP contribution in [0, 0.1) is 6.92 Å². The third kappa shape index (κ3) is 2.89. The molecule has 3 N–H and O–H groups in total. The summed E-state index contributed by atoms with van der Waals surface area (Å²) in [6.07, 6.45) is 2.53. The fraction of sp³-hybridized carbons (Fsp3) is 0.636. The Bertz CT molecular complexity index is 344. The van der Waals surface area contributed by atoms with Crippen molar-refractivity contribution in [3.63, 3.8) is 0 Å². The third-order valence-corrected chi connectivity index (χ3v) is 2.46. The molecule has 1 saturated carbocycles. The topological polar surface area (TPSA) is 63.8 Å². The molecule has 1 unspecified atom stereocenters. The zero-order valence-corrected chi connectivity index (χ0v) is 9.33. The Balaban J connectivity index is 2.09. The maximum absolute atomic E-state index is 5.68. The van der Waals surface area contributed by atoms with E-state index in [1.54, 1.807) is 0 Å². The van der Waals surface area contributed by atoms with Gasteiger partial charge in [-0.05, 0) is 26.7 Å². The number of hydrogen-bond acceptors (Lipinski definition) is 4. The lowest BCUT2D eigenvalue weighted by molar-refractivity contribution is 0.774. The van der Waals surface area contributed by atoms with Crippen LogP contribution in [-0.2, 0) is 0 Å². The van der Waals surface area contributed by atoms with Crippen LogP contribution in [0.5, 0.6) is 0 Å². The molecule has 1 atom stereocenters. The van der Waals surface area contributed by atoms with Crippen LogP contribution in [0.25, 0.3) is 0 Å². The van der Waals surface area contributed by atoms with Crippen LogP contribution in [0.4, 0.5) is 5.82 Å². The smallest absolute Gasteiger partial charge is 0.129 e. The summed E-state index contributed by atoms with van der Waals surface area (Å²) >= 11 is 0. The van der Waals surface area contributed by atoms with Crippen LogP contribution in [0.1, 0.15) is 37.2 Å². The molecule has 0 radical (unpaired) electrons. The lowest BCUT2D eigenvalue weighted by Gasteiger charge is -2.09. The van der Waals surface area contributed by atoms with Crippen LogP contribution >= 0.6 is 0 Å². The summed E-state index contributed by atoms with van der Waals surface area (Å²) in [5.74, 6) is 2.41. The molecular formula is C11H18N4. The molecule has 1 aromatic heterocycles. The van der Waals surface area contributed by atoms with Crippen LogP contribution in [0.15, 0.2) is 6.07 Å². The lowest BCUT2D eigenvalue weighted by atomic mass is 10.2. The van der Waals surface area contributed by atoms with Crippen molar-refractivity contribution >= 4 is 5.82 Å². The fourth-order valence-electron chi connectivity index (χ4n) is 1.54. The number of anilines is 1. The summed E-state index contributed by atoms with van der Waals surface area (Å²) in [5, 5.41) is 3.23. The van der Waals surface area contributed by atoms with Gasteiger partial charge < -0.3 is 11.1 Å². The van der Waals surface area contributed by atoms with E-state index in [1.165, 1.54) is 18.5 Å². The van der Waals surface area contributed by atoms with Crippen molar-refractivity contribution in [1.29, 1.82) is 0 Å². The van der Waals surface area contributed by atoms with Gasteiger partial charge >= 0.3 is 0 Å². The third-order valence-electron chi connectivity index (χ3n) is 2.46. The highest BCUT2D eigenvalue weighted by Crippen LogP contribution is 2.39. The Morgan fingerprint density at radius 2 is 2.27 bits per heavy atom. The van der Waals surface area contributed by atoms with E-state index < -0.39 is 0 Å². The van der Waals surface area contributed by atoms with E-state index >= 15 is 0 Å². The maximum atomic E-state index is 5.68. The molecule has 2 rings (SSSR count). The van der Waals surface area contributed by atoms with Gasteiger partial charge in [0.2, 0.25) is 0 Å². The predicted octanol–water partition coefficient (Wildman–Crippen LogP) is 1.42. The standard InChI is InChI=1S/C11H18N4/c1-7(12)6-13-11-5-10(9-3-4-9)14-8(2)15-11/h5,7,9H,3-4,6,12H2,1-2H3,(H,13,14,15). The molecule has 0 spiro atoms. The molecular weight excluding hydrogens is 188 g/mol. The number of rotatable bonds is 4. The summed E-state index contributed by atoms with van der Waals surface area (Å²) in [6, 6.07) is 2.19. The molecule has 1 aliphatic carbocycles. The molecule has 4 heteroatoms. The van der Waals surface area contributed by atoms with Gasteiger partial charge in [0.25, 0.3) is 0 Å². The van der Waals surface area contributed by atoms with E-state index in [0.717, 1.165) is 18.2 Å². The van der Waals surface area contributed by atoms with E-state index in [0.29, 0.717) is 5.92 Å². The molecule has 4 nitrogen and oxygen atoms in total. The first-order valence-corrected chi connectivity index (χ1v) is 5.50. The summed E-state index contributed by atoms with van der Waals surface area (Å²) < 4.78 is 0. The number of nitrogens with two attached hydrogens (primary N) is 1. The maximum Gasteiger partial charge on any atom is 0.129 e. The number of nitrogens with one attached hydrogen (secondary N) is 1. The molecule has 0 bridgehead atoms. The van der Waals surface area contributed by atoms with Gasteiger partial charge in [0, 0.05) is 30.3 Å². The molecule has 0 amide bonds. The van der Waals surface area contributed by atoms with E-state index in [1.807, 2.05) is 19.9 Å². The van der Waals surface area contributed by atoms with Crippen molar-refractivity contribution in [1.82, 2.24) is 9.97 Å². The molecule has 15 heavy (non-hydrogen) atoms. The minimum absolute atomic E-state index is 0.143. The van der Waals surface area contributed by atoms with Crippen molar-refractivity contribution in [2.45, 2.75) is 38.6 Å². The largest absolute Gasteiger partial charge is 0.368 e. The average Bonchev–Trinajstić information content (AvgIpc) is 2.97. The van der Waals surface area contributed by atoms with Gasteiger partial charge in [-0.15, -0.1) is 0 Å².